The van der Waals surface area contributed by atoms with Gasteiger partial charge in [0, 0.05) is 32.1 Å². The van der Waals surface area contributed by atoms with E-state index in [0.717, 1.165) is 0 Å². The zero-order valence-corrected chi connectivity index (χ0v) is 12.1. The normalized spacial score (nSPS) is 24.2. The Labute approximate surface area is 118 Å². The molecule has 0 aromatic rings. The average Bonchev–Trinajstić information content (AvgIpc) is 2.63. The Bertz CT molecular complexity index is 476. The molecule has 0 bridgehead atoms. The molecule has 0 spiro atoms. The molecule has 0 unspecified atom stereocenters. The molecule has 0 atom stereocenters. The molecule has 2 amide bonds. The summed E-state index contributed by atoms with van der Waals surface area (Å²) in [5.74, 6) is -0.0844. The van der Waals surface area contributed by atoms with E-state index in [1.165, 1.54) is 4.90 Å². The highest BCUT2D eigenvalue weighted by Crippen LogP contribution is 2.21. The van der Waals surface area contributed by atoms with Gasteiger partial charge in [0.25, 0.3) is 0 Å². The number of hydrogen-bond acceptors (Lipinski definition) is 4. The maximum absolute atomic E-state index is 12.4. The lowest BCUT2D eigenvalue weighted by atomic mass is 10.0. The summed E-state index contributed by atoms with van der Waals surface area (Å²) in [4.78, 5) is 26.3. The largest absolute Gasteiger partial charge is 0.465 e. The highest BCUT2D eigenvalue weighted by Gasteiger charge is 2.32. The molecular weight excluding hydrogens is 284 g/mol. The maximum atomic E-state index is 12.4. The summed E-state index contributed by atoms with van der Waals surface area (Å²) in [6, 6.07) is 0. The van der Waals surface area contributed by atoms with E-state index >= 15 is 0 Å². The number of nitrogens with zero attached hydrogens (tertiary/aromatic N) is 2. The van der Waals surface area contributed by atoms with Gasteiger partial charge in [0.2, 0.25) is 5.91 Å². The topological polar surface area (TPSA) is 95.0 Å². The fraction of sp³-hybridized carbons (Fsp3) is 0.833. The van der Waals surface area contributed by atoms with Crippen molar-refractivity contribution in [1.29, 1.82) is 0 Å². The van der Waals surface area contributed by atoms with E-state index in [4.69, 9.17) is 5.11 Å². The smallest absolute Gasteiger partial charge is 0.407 e. The van der Waals surface area contributed by atoms with Crippen molar-refractivity contribution < 1.29 is 23.1 Å². The first-order valence-electron chi connectivity index (χ1n) is 6.86. The Kier molecular flexibility index (Phi) is 4.52. The fourth-order valence-corrected chi connectivity index (χ4v) is 4.22. The van der Waals surface area contributed by atoms with Gasteiger partial charge in [0.05, 0.1) is 11.5 Å². The van der Waals surface area contributed by atoms with E-state index in [1.54, 1.807) is 4.90 Å². The molecule has 8 heteroatoms. The number of hydrogen-bond donors (Lipinski definition) is 1. The molecule has 7 nitrogen and oxygen atoms in total. The zero-order valence-electron chi connectivity index (χ0n) is 11.3. The maximum Gasteiger partial charge on any atom is 0.407 e. The lowest BCUT2D eigenvalue weighted by Crippen LogP contribution is -2.42. The van der Waals surface area contributed by atoms with Gasteiger partial charge in [0.1, 0.15) is 9.84 Å². The molecule has 2 aliphatic heterocycles. The second kappa shape index (κ2) is 5.99. The number of amides is 2. The Morgan fingerprint density at radius 3 is 2.10 bits per heavy atom. The quantitative estimate of drug-likeness (QED) is 0.737. The predicted molar refractivity (Wildman–Crippen MR) is 72.2 cm³/mol. The molecule has 2 aliphatic rings. The van der Waals surface area contributed by atoms with Crippen molar-refractivity contribution in [2.45, 2.75) is 19.3 Å². The molecule has 2 saturated heterocycles. The van der Waals surface area contributed by atoms with Crippen molar-refractivity contribution >= 4 is 21.8 Å². The van der Waals surface area contributed by atoms with Crippen LogP contribution >= 0.6 is 0 Å². The van der Waals surface area contributed by atoms with Crippen LogP contribution in [0.4, 0.5) is 4.79 Å². The molecular formula is C12H20N2O5S. The highest BCUT2D eigenvalue weighted by molar-refractivity contribution is 7.91. The van der Waals surface area contributed by atoms with Crippen LogP contribution in [0.25, 0.3) is 0 Å². The number of carbonyl (C=O) groups excluding carboxylic acids is 1. The lowest BCUT2D eigenvalue weighted by Gasteiger charge is -2.28. The molecule has 1 N–H and O–H groups in total. The van der Waals surface area contributed by atoms with E-state index in [2.05, 4.69) is 0 Å². The number of rotatable bonds is 1. The minimum atomic E-state index is -2.96. The first kappa shape index (κ1) is 15.1. The summed E-state index contributed by atoms with van der Waals surface area (Å²) in [7, 11) is -2.96. The molecule has 114 valence electrons. The van der Waals surface area contributed by atoms with Crippen LogP contribution < -0.4 is 0 Å². The number of carboxylic acid groups (broad SMARTS) is 1. The lowest BCUT2D eigenvalue weighted by molar-refractivity contribution is -0.135. The van der Waals surface area contributed by atoms with Gasteiger partial charge in [-0.15, -0.1) is 0 Å². The third-order valence-electron chi connectivity index (χ3n) is 3.98. The molecule has 0 aliphatic carbocycles. The third kappa shape index (κ3) is 3.62. The standard InChI is InChI=1S/C12H20N2O5S/c15-11(10-2-8-20(18,19)9-3-10)13-4-1-5-14(7-6-13)12(16)17/h10H,1-9H2,(H,16,17). The van der Waals surface area contributed by atoms with Crippen molar-refractivity contribution in [2.24, 2.45) is 5.92 Å². The molecule has 0 radical (unpaired) electrons. The van der Waals surface area contributed by atoms with Crippen molar-refractivity contribution in [3.8, 4) is 0 Å². The Morgan fingerprint density at radius 2 is 1.50 bits per heavy atom. The van der Waals surface area contributed by atoms with Gasteiger partial charge >= 0.3 is 6.09 Å². The van der Waals surface area contributed by atoms with E-state index in [-0.39, 0.29) is 23.3 Å². The van der Waals surface area contributed by atoms with Gasteiger partial charge in [-0.3, -0.25) is 4.79 Å². The second-order valence-corrected chi connectivity index (χ2v) is 7.68. The van der Waals surface area contributed by atoms with E-state index in [1.807, 2.05) is 0 Å². The summed E-state index contributed by atoms with van der Waals surface area (Å²) in [5.41, 5.74) is 0. The molecule has 0 aromatic carbocycles. The summed E-state index contributed by atoms with van der Waals surface area (Å²) in [5, 5.41) is 8.95. The van der Waals surface area contributed by atoms with Gasteiger partial charge in [-0.1, -0.05) is 0 Å². The molecule has 0 saturated carbocycles. The summed E-state index contributed by atoms with van der Waals surface area (Å²) in [6.45, 7) is 1.71. The second-order valence-electron chi connectivity index (χ2n) is 5.37. The first-order valence-corrected chi connectivity index (χ1v) is 8.68. The van der Waals surface area contributed by atoms with Crippen molar-refractivity contribution in [3.63, 3.8) is 0 Å². The zero-order chi connectivity index (χ0) is 14.8. The minimum absolute atomic E-state index is 0.0212. The van der Waals surface area contributed by atoms with E-state index < -0.39 is 15.9 Å². The average molecular weight is 304 g/mol. The Morgan fingerprint density at radius 1 is 0.950 bits per heavy atom. The predicted octanol–water partition coefficient (Wildman–Crippen LogP) is 0.0235. The third-order valence-corrected chi connectivity index (χ3v) is 5.70. The minimum Gasteiger partial charge on any atom is -0.465 e. The van der Waals surface area contributed by atoms with Crippen LogP contribution in [-0.2, 0) is 14.6 Å². The number of carbonyl (C=O) groups is 2. The van der Waals surface area contributed by atoms with E-state index in [0.29, 0.717) is 45.4 Å². The van der Waals surface area contributed by atoms with E-state index in [9.17, 15) is 18.0 Å². The van der Waals surface area contributed by atoms with Crippen LogP contribution in [0.1, 0.15) is 19.3 Å². The van der Waals surface area contributed by atoms with Crippen LogP contribution in [0.5, 0.6) is 0 Å². The van der Waals surface area contributed by atoms with Gasteiger partial charge in [0.15, 0.2) is 0 Å². The van der Waals surface area contributed by atoms with Crippen LogP contribution in [-0.4, -0.2) is 73.0 Å². The Hall–Kier alpha value is -1.31. The van der Waals surface area contributed by atoms with Gasteiger partial charge in [-0.2, -0.15) is 0 Å². The highest BCUT2D eigenvalue weighted by atomic mass is 32.2. The van der Waals surface area contributed by atoms with Gasteiger partial charge in [-0.05, 0) is 19.3 Å². The molecule has 2 heterocycles. The summed E-state index contributed by atoms with van der Waals surface area (Å²) < 4.78 is 22.7. The van der Waals surface area contributed by atoms with Crippen LogP contribution in [0.2, 0.25) is 0 Å². The number of sulfone groups is 1. The fourth-order valence-electron chi connectivity index (χ4n) is 2.72. The molecule has 2 rings (SSSR count). The van der Waals surface area contributed by atoms with Crippen molar-refractivity contribution in [2.75, 3.05) is 37.7 Å². The first-order chi connectivity index (χ1) is 9.39. The molecule has 20 heavy (non-hydrogen) atoms. The van der Waals surface area contributed by atoms with Crippen LogP contribution in [0, 0.1) is 5.92 Å². The summed E-state index contributed by atoms with van der Waals surface area (Å²) in [6.07, 6.45) is 0.451. The van der Waals surface area contributed by atoms with Gasteiger partial charge in [-0.25, -0.2) is 13.2 Å². The monoisotopic (exact) mass is 304 g/mol. The summed E-state index contributed by atoms with van der Waals surface area (Å²) >= 11 is 0. The molecule has 2 fully saturated rings. The SMILES string of the molecule is O=C(O)N1CCCN(C(=O)C2CCS(=O)(=O)CC2)CC1. The van der Waals surface area contributed by atoms with Crippen LogP contribution in [0.3, 0.4) is 0 Å². The molecule has 0 aromatic heterocycles. The van der Waals surface area contributed by atoms with Crippen molar-refractivity contribution in [1.82, 2.24) is 9.80 Å². The van der Waals surface area contributed by atoms with Gasteiger partial charge < -0.3 is 14.9 Å². The van der Waals surface area contributed by atoms with Crippen LogP contribution in [0.15, 0.2) is 0 Å². The Balaban J connectivity index is 1.91. The van der Waals surface area contributed by atoms with Crippen molar-refractivity contribution in [3.05, 3.63) is 0 Å².